The molecule has 0 aromatic heterocycles. The van der Waals surface area contributed by atoms with Gasteiger partial charge in [0.25, 0.3) is 0 Å². The number of esters is 1. The zero-order chi connectivity index (χ0) is 26.8. The van der Waals surface area contributed by atoms with Gasteiger partial charge in [0.15, 0.2) is 0 Å². The number of amides is 3. The summed E-state index contributed by atoms with van der Waals surface area (Å²) in [5.41, 5.74) is -0.290. The highest BCUT2D eigenvalue weighted by Gasteiger charge is 2.34. The molecule has 0 aliphatic rings. The molecule has 0 saturated carbocycles. The number of hydrogen-bond acceptors (Lipinski definition) is 7. The Kier molecular flexibility index (Phi) is 11.5. The minimum absolute atomic E-state index is 0.00785. The number of carbonyl (C=O) groups is 4. The zero-order valence-electron chi connectivity index (χ0n) is 21.7. The van der Waals surface area contributed by atoms with Gasteiger partial charge < -0.3 is 30.1 Å². The van der Waals surface area contributed by atoms with Crippen molar-refractivity contribution >= 4 is 23.9 Å². The number of nitrogens with zero attached hydrogens (tertiary/aromatic N) is 1. The number of phenolic OH excluding ortho intramolecular Hbond substituents is 1. The van der Waals surface area contributed by atoms with Crippen LogP contribution in [0, 0.1) is 5.92 Å². The van der Waals surface area contributed by atoms with E-state index in [1.807, 2.05) is 13.8 Å². The van der Waals surface area contributed by atoms with E-state index in [9.17, 15) is 24.3 Å². The van der Waals surface area contributed by atoms with Crippen LogP contribution < -0.4 is 10.6 Å². The second-order valence-corrected chi connectivity index (χ2v) is 9.62. The zero-order valence-corrected chi connectivity index (χ0v) is 21.7. The van der Waals surface area contributed by atoms with Crippen molar-refractivity contribution in [3.8, 4) is 5.75 Å². The first-order chi connectivity index (χ1) is 16.2. The van der Waals surface area contributed by atoms with Crippen LogP contribution in [0.3, 0.4) is 0 Å². The largest absolute Gasteiger partial charge is 0.508 e. The molecule has 10 heteroatoms. The summed E-state index contributed by atoms with van der Waals surface area (Å²) in [6.45, 7) is 10.9. The summed E-state index contributed by atoms with van der Waals surface area (Å²) < 4.78 is 10.2. The Bertz CT molecular complexity index is 863. The van der Waals surface area contributed by atoms with E-state index in [1.165, 1.54) is 36.2 Å². The minimum Gasteiger partial charge on any atom is -0.508 e. The third kappa shape index (κ3) is 10.7. The molecule has 0 fully saturated rings. The summed E-state index contributed by atoms with van der Waals surface area (Å²) in [6, 6.07) is 3.90. The van der Waals surface area contributed by atoms with Crippen molar-refractivity contribution in [2.45, 2.75) is 72.1 Å². The van der Waals surface area contributed by atoms with Crippen LogP contribution in [0.2, 0.25) is 0 Å². The van der Waals surface area contributed by atoms with Gasteiger partial charge in [-0.2, -0.15) is 0 Å². The van der Waals surface area contributed by atoms with Gasteiger partial charge in [0, 0.05) is 13.6 Å². The molecule has 0 saturated heterocycles. The normalized spacial score (nSPS) is 12.9. The summed E-state index contributed by atoms with van der Waals surface area (Å²) >= 11 is 0. The molecule has 0 heterocycles. The standard InChI is InChI=1S/C25H39N3O7/c1-8-34-20(30)13-14-26-22(31)21(17-9-11-18(29)12-10-17)28(7)23(32)19(15-16(2)3)27-24(33)35-25(4,5)6/h9-12,16,19,21,29H,8,13-15H2,1-7H3,(H,26,31)(H,27,33). The predicted octanol–water partition coefficient (Wildman–Crippen LogP) is 2.90. The van der Waals surface area contributed by atoms with E-state index in [2.05, 4.69) is 10.6 Å². The predicted molar refractivity (Wildman–Crippen MR) is 130 cm³/mol. The number of ether oxygens (including phenoxy) is 2. The molecule has 3 amide bonds. The SMILES string of the molecule is CCOC(=O)CCNC(=O)C(c1ccc(O)cc1)N(C)C(=O)C(CC(C)C)NC(=O)OC(C)(C)C. The second-order valence-electron chi connectivity index (χ2n) is 9.62. The summed E-state index contributed by atoms with van der Waals surface area (Å²) in [5, 5.41) is 15.0. The number of alkyl carbamates (subject to hydrolysis) is 1. The van der Waals surface area contributed by atoms with Gasteiger partial charge in [0.1, 0.15) is 23.4 Å². The van der Waals surface area contributed by atoms with E-state index in [4.69, 9.17) is 9.47 Å². The second kappa shape index (κ2) is 13.6. The van der Waals surface area contributed by atoms with Crippen LogP contribution in [0.4, 0.5) is 4.79 Å². The van der Waals surface area contributed by atoms with E-state index < -0.39 is 41.6 Å². The van der Waals surface area contributed by atoms with Crippen molar-refractivity contribution in [2.24, 2.45) is 5.92 Å². The molecule has 10 nitrogen and oxygen atoms in total. The van der Waals surface area contributed by atoms with Crippen molar-refractivity contribution in [3.63, 3.8) is 0 Å². The average Bonchev–Trinajstić information content (AvgIpc) is 2.72. The highest BCUT2D eigenvalue weighted by molar-refractivity contribution is 5.92. The Morgan fingerprint density at radius 1 is 1.09 bits per heavy atom. The van der Waals surface area contributed by atoms with Crippen molar-refractivity contribution in [1.82, 2.24) is 15.5 Å². The Morgan fingerprint density at radius 2 is 1.69 bits per heavy atom. The maximum atomic E-state index is 13.5. The molecule has 2 atom stereocenters. The topological polar surface area (TPSA) is 134 Å². The summed E-state index contributed by atoms with van der Waals surface area (Å²) in [4.78, 5) is 51.9. The third-order valence-corrected chi connectivity index (χ3v) is 4.82. The molecule has 196 valence electrons. The molecule has 35 heavy (non-hydrogen) atoms. The lowest BCUT2D eigenvalue weighted by atomic mass is 9.99. The van der Waals surface area contributed by atoms with Crippen molar-refractivity contribution < 1.29 is 33.8 Å². The maximum absolute atomic E-state index is 13.5. The van der Waals surface area contributed by atoms with E-state index in [0.29, 0.717) is 12.0 Å². The number of carbonyl (C=O) groups excluding carboxylic acids is 4. The number of rotatable bonds is 11. The van der Waals surface area contributed by atoms with Gasteiger partial charge in [0.2, 0.25) is 11.8 Å². The van der Waals surface area contributed by atoms with Gasteiger partial charge in [-0.1, -0.05) is 26.0 Å². The Hall–Kier alpha value is -3.30. The van der Waals surface area contributed by atoms with Crippen molar-refractivity contribution in [3.05, 3.63) is 29.8 Å². The highest BCUT2D eigenvalue weighted by Crippen LogP contribution is 2.24. The monoisotopic (exact) mass is 493 g/mol. The van der Waals surface area contributed by atoms with Crippen LogP contribution in [-0.2, 0) is 23.9 Å². The minimum atomic E-state index is -1.07. The Labute approximate surface area is 207 Å². The molecule has 1 aromatic carbocycles. The number of phenols is 1. The maximum Gasteiger partial charge on any atom is 0.408 e. The van der Waals surface area contributed by atoms with Crippen LogP contribution in [0.15, 0.2) is 24.3 Å². The molecule has 0 bridgehead atoms. The number of aromatic hydroxyl groups is 1. The molecular weight excluding hydrogens is 454 g/mol. The van der Waals surface area contributed by atoms with Crippen LogP contribution in [0.25, 0.3) is 0 Å². The van der Waals surface area contributed by atoms with Gasteiger partial charge in [0.05, 0.1) is 13.0 Å². The molecule has 0 spiro atoms. The average molecular weight is 494 g/mol. The molecule has 2 unspecified atom stereocenters. The molecule has 0 aliphatic heterocycles. The van der Waals surface area contributed by atoms with Crippen LogP contribution >= 0.6 is 0 Å². The molecule has 0 aliphatic carbocycles. The van der Waals surface area contributed by atoms with E-state index in [-0.39, 0.29) is 31.2 Å². The fraction of sp³-hybridized carbons (Fsp3) is 0.600. The Balaban J connectivity index is 3.15. The van der Waals surface area contributed by atoms with Crippen molar-refractivity contribution in [2.75, 3.05) is 20.2 Å². The molecule has 0 radical (unpaired) electrons. The highest BCUT2D eigenvalue weighted by atomic mass is 16.6. The third-order valence-electron chi connectivity index (χ3n) is 4.82. The van der Waals surface area contributed by atoms with Gasteiger partial charge in [-0.15, -0.1) is 0 Å². The fourth-order valence-corrected chi connectivity index (χ4v) is 3.34. The number of nitrogens with one attached hydrogen (secondary N) is 2. The van der Waals surface area contributed by atoms with E-state index >= 15 is 0 Å². The van der Waals surface area contributed by atoms with Gasteiger partial charge in [-0.25, -0.2) is 4.79 Å². The van der Waals surface area contributed by atoms with Crippen LogP contribution in [0.1, 0.15) is 66.0 Å². The lowest BCUT2D eigenvalue weighted by Crippen LogP contribution is -2.52. The van der Waals surface area contributed by atoms with Gasteiger partial charge in [-0.3, -0.25) is 14.4 Å². The van der Waals surface area contributed by atoms with Gasteiger partial charge >= 0.3 is 12.1 Å². The lowest BCUT2D eigenvalue weighted by Gasteiger charge is -2.32. The number of benzene rings is 1. The Morgan fingerprint density at radius 3 is 2.20 bits per heavy atom. The van der Waals surface area contributed by atoms with Crippen LogP contribution in [-0.4, -0.2) is 65.7 Å². The molecule has 1 aromatic rings. The van der Waals surface area contributed by atoms with E-state index in [0.717, 1.165) is 0 Å². The van der Waals surface area contributed by atoms with Gasteiger partial charge in [-0.05, 0) is 57.7 Å². The molecular formula is C25H39N3O7. The smallest absolute Gasteiger partial charge is 0.408 e. The molecule has 3 N–H and O–H groups in total. The van der Waals surface area contributed by atoms with E-state index in [1.54, 1.807) is 27.7 Å². The summed E-state index contributed by atoms with van der Waals surface area (Å²) in [7, 11) is 1.47. The fourth-order valence-electron chi connectivity index (χ4n) is 3.34. The summed E-state index contributed by atoms with van der Waals surface area (Å²) in [6.07, 6.45) is -0.421. The molecule has 1 rings (SSSR count). The summed E-state index contributed by atoms with van der Waals surface area (Å²) in [5.74, 6) is -1.37. The number of hydrogen-bond donors (Lipinski definition) is 3. The first-order valence-electron chi connectivity index (χ1n) is 11.7. The first kappa shape index (κ1) is 29.7. The van der Waals surface area contributed by atoms with Crippen molar-refractivity contribution in [1.29, 1.82) is 0 Å². The quantitative estimate of drug-likeness (QED) is 0.404. The lowest BCUT2D eigenvalue weighted by molar-refractivity contribution is -0.143. The van der Waals surface area contributed by atoms with Crippen LogP contribution in [0.5, 0.6) is 5.75 Å². The number of likely N-dealkylation sites (N-methyl/N-ethyl adjacent to an activating group) is 1. The first-order valence-corrected chi connectivity index (χ1v) is 11.7.